The lowest BCUT2D eigenvalue weighted by Gasteiger charge is -2.59. The van der Waals surface area contributed by atoms with Crippen molar-refractivity contribution in [3.05, 3.63) is 23.8 Å². The highest BCUT2D eigenvalue weighted by Crippen LogP contribution is 2.67. The topological polar surface area (TPSA) is 94.8 Å². The molecule has 4 rings (SSSR count). The van der Waals surface area contributed by atoms with Crippen molar-refractivity contribution >= 4 is 11.6 Å². The van der Waals surface area contributed by atoms with Crippen LogP contribution in [0.25, 0.3) is 0 Å². The highest BCUT2D eigenvalue weighted by atomic mass is 16.3. The maximum Gasteiger partial charge on any atom is 0.190 e. The SMILES string of the molecule is CC12C=CC(=O)C=C1CCC1C2C(O)CC2(C)C1CC[C@]2(O)C(=O)CO. The molecule has 7 atom stereocenters. The molecule has 0 spiro atoms. The average molecular weight is 360 g/mol. The second-order valence-electron chi connectivity index (χ2n) is 9.19. The molecule has 4 aliphatic rings. The van der Waals surface area contributed by atoms with E-state index < -0.39 is 29.5 Å². The summed E-state index contributed by atoms with van der Waals surface area (Å²) in [4.78, 5) is 24.2. The second kappa shape index (κ2) is 5.60. The molecule has 0 aromatic carbocycles. The number of ketones is 2. The maximum atomic E-state index is 12.4. The molecule has 0 aromatic heterocycles. The van der Waals surface area contributed by atoms with Crippen LogP contribution in [0.2, 0.25) is 0 Å². The minimum absolute atomic E-state index is 0.00912. The van der Waals surface area contributed by atoms with Gasteiger partial charge in [0.2, 0.25) is 0 Å². The predicted octanol–water partition coefficient (Wildman–Crippen LogP) is 1.56. The molecule has 0 saturated heterocycles. The van der Waals surface area contributed by atoms with Gasteiger partial charge in [-0.1, -0.05) is 25.5 Å². The number of hydrogen-bond acceptors (Lipinski definition) is 5. The molecular formula is C21H28O5. The monoisotopic (exact) mass is 360 g/mol. The normalized spacial score (nSPS) is 49.9. The fourth-order valence-electron chi connectivity index (χ4n) is 6.92. The first-order chi connectivity index (χ1) is 12.2. The zero-order valence-electron chi connectivity index (χ0n) is 15.4. The lowest BCUT2D eigenvalue weighted by molar-refractivity contribution is -0.178. The molecule has 6 unspecified atom stereocenters. The van der Waals surface area contributed by atoms with Crippen LogP contribution in [-0.2, 0) is 9.59 Å². The van der Waals surface area contributed by atoms with Crippen molar-refractivity contribution < 1.29 is 24.9 Å². The molecule has 0 amide bonds. The van der Waals surface area contributed by atoms with Crippen LogP contribution in [0.1, 0.15) is 46.0 Å². The molecule has 0 aromatic rings. The lowest BCUT2D eigenvalue weighted by Crippen LogP contribution is -2.61. The van der Waals surface area contributed by atoms with Crippen LogP contribution in [0, 0.1) is 28.6 Å². The van der Waals surface area contributed by atoms with Gasteiger partial charge in [-0.3, -0.25) is 9.59 Å². The molecule has 0 heterocycles. The lowest BCUT2D eigenvalue weighted by atomic mass is 9.46. The van der Waals surface area contributed by atoms with Crippen LogP contribution < -0.4 is 0 Å². The van der Waals surface area contributed by atoms with Gasteiger partial charge in [-0.2, -0.15) is 0 Å². The van der Waals surface area contributed by atoms with E-state index in [2.05, 4.69) is 6.92 Å². The van der Waals surface area contributed by atoms with Gasteiger partial charge in [-0.25, -0.2) is 0 Å². The van der Waals surface area contributed by atoms with Crippen molar-refractivity contribution in [3.8, 4) is 0 Å². The van der Waals surface area contributed by atoms with Gasteiger partial charge in [-0.05, 0) is 56.1 Å². The van der Waals surface area contributed by atoms with Crippen LogP contribution in [-0.4, -0.2) is 45.2 Å². The summed E-state index contributed by atoms with van der Waals surface area (Å²) in [6, 6.07) is 0. The molecule has 142 valence electrons. The molecule has 0 radical (unpaired) electrons. The number of fused-ring (bicyclic) bond motifs is 5. The van der Waals surface area contributed by atoms with Gasteiger partial charge in [0.15, 0.2) is 11.6 Å². The Labute approximate surface area is 153 Å². The Hall–Kier alpha value is -1.30. The van der Waals surface area contributed by atoms with Crippen LogP contribution in [0.15, 0.2) is 23.8 Å². The highest BCUT2D eigenvalue weighted by molar-refractivity contribution is 6.01. The summed E-state index contributed by atoms with van der Waals surface area (Å²) in [5.41, 5.74) is -1.54. The van der Waals surface area contributed by atoms with Crippen molar-refractivity contribution in [1.29, 1.82) is 0 Å². The first-order valence-electron chi connectivity index (χ1n) is 9.66. The van der Waals surface area contributed by atoms with E-state index in [-0.39, 0.29) is 29.0 Å². The van der Waals surface area contributed by atoms with Crippen molar-refractivity contribution in [2.75, 3.05) is 6.61 Å². The smallest absolute Gasteiger partial charge is 0.190 e. The molecule has 0 bridgehead atoms. The van der Waals surface area contributed by atoms with E-state index in [1.807, 2.05) is 13.0 Å². The number of hydrogen-bond donors (Lipinski definition) is 3. The fraction of sp³-hybridized carbons (Fsp3) is 0.714. The Bertz CT molecular complexity index is 724. The third kappa shape index (κ3) is 2.08. The first-order valence-corrected chi connectivity index (χ1v) is 9.66. The molecule has 4 aliphatic carbocycles. The zero-order valence-corrected chi connectivity index (χ0v) is 15.4. The Morgan fingerprint density at radius 3 is 2.73 bits per heavy atom. The minimum atomic E-state index is -1.56. The van der Waals surface area contributed by atoms with Crippen LogP contribution in [0.4, 0.5) is 0 Å². The number of aliphatic hydroxyl groups is 3. The van der Waals surface area contributed by atoms with E-state index >= 15 is 0 Å². The molecule has 0 aliphatic heterocycles. The standard InChI is InChI=1S/C21H28O5/c1-19-7-5-13(23)9-12(19)3-4-14-15-6-8-21(26,17(25)11-22)20(15,2)10-16(24)18(14)19/h5,7,9,14-16,18,22,24,26H,3-4,6,8,10-11H2,1-2H3/t14?,15?,16?,18?,19?,20?,21-/m0/s1. The van der Waals surface area contributed by atoms with E-state index in [1.54, 1.807) is 12.2 Å². The van der Waals surface area contributed by atoms with E-state index in [0.29, 0.717) is 12.8 Å². The molecular weight excluding hydrogens is 332 g/mol. The molecule has 5 heteroatoms. The van der Waals surface area contributed by atoms with Crippen LogP contribution in [0.3, 0.4) is 0 Å². The molecule has 3 saturated carbocycles. The predicted molar refractivity (Wildman–Crippen MR) is 95.0 cm³/mol. The summed E-state index contributed by atoms with van der Waals surface area (Å²) >= 11 is 0. The third-order valence-electron chi connectivity index (χ3n) is 8.25. The average Bonchev–Trinajstić information content (AvgIpc) is 2.86. The van der Waals surface area contributed by atoms with E-state index in [9.17, 15) is 24.9 Å². The van der Waals surface area contributed by atoms with E-state index in [0.717, 1.165) is 24.8 Å². The highest BCUT2D eigenvalue weighted by Gasteiger charge is 2.67. The van der Waals surface area contributed by atoms with Crippen LogP contribution in [0.5, 0.6) is 0 Å². The summed E-state index contributed by atoms with van der Waals surface area (Å²) in [6.45, 7) is 3.34. The van der Waals surface area contributed by atoms with Gasteiger partial charge in [0.1, 0.15) is 12.2 Å². The Balaban J connectivity index is 1.75. The van der Waals surface area contributed by atoms with Gasteiger partial charge in [-0.15, -0.1) is 0 Å². The number of rotatable bonds is 2. The fourth-order valence-corrected chi connectivity index (χ4v) is 6.92. The minimum Gasteiger partial charge on any atom is -0.393 e. The van der Waals surface area contributed by atoms with Crippen LogP contribution >= 0.6 is 0 Å². The maximum absolute atomic E-state index is 12.4. The Morgan fingerprint density at radius 2 is 2.04 bits per heavy atom. The number of allylic oxidation sites excluding steroid dienone is 4. The van der Waals surface area contributed by atoms with Gasteiger partial charge in [0, 0.05) is 16.7 Å². The zero-order chi connectivity index (χ0) is 18.9. The second-order valence-corrected chi connectivity index (χ2v) is 9.19. The first kappa shape index (κ1) is 18.1. The van der Waals surface area contributed by atoms with Crippen molar-refractivity contribution in [2.45, 2.75) is 57.7 Å². The number of aliphatic hydroxyl groups excluding tert-OH is 2. The quantitative estimate of drug-likeness (QED) is 0.695. The van der Waals surface area contributed by atoms with Gasteiger partial charge >= 0.3 is 0 Å². The largest absolute Gasteiger partial charge is 0.393 e. The summed E-state index contributed by atoms with van der Waals surface area (Å²) < 4.78 is 0. The summed E-state index contributed by atoms with van der Waals surface area (Å²) in [5, 5.41) is 31.7. The number of carbonyl (C=O) groups is 2. The summed E-state index contributed by atoms with van der Waals surface area (Å²) in [5.74, 6) is -0.227. The van der Waals surface area contributed by atoms with Crippen molar-refractivity contribution in [2.24, 2.45) is 28.6 Å². The van der Waals surface area contributed by atoms with Crippen molar-refractivity contribution in [1.82, 2.24) is 0 Å². The summed E-state index contributed by atoms with van der Waals surface area (Å²) in [7, 11) is 0. The Kier molecular flexibility index (Phi) is 3.89. The molecule has 5 nitrogen and oxygen atoms in total. The third-order valence-corrected chi connectivity index (χ3v) is 8.25. The van der Waals surface area contributed by atoms with Crippen molar-refractivity contribution in [3.63, 3.8) is 0 Å². The van der Waals surface area contributed by atoms with Gasteiger partial charge in [0.25, 0.3) is 0 Å². The molecule has 26 heavy (non-hydrogen) atoms. The van der Waals surface area contributed by atoms with E-state index in [1.165, 1.54) is 0 Å². The number of carbonyl (C=O) groups excluding carboxylic acids is 2. The van der Waals surface area contributed by atoms with Gasteiger partial charge < -0.3 is 15.3 Å². The summed E-state index contributed by atoms with van der Waals surface area (Å²) in [6.07, 6.45) is 7.68. The van der Waals surface area contributed by atoms with Gasteiger partial charge in [0.05, 0.1) is 6.10 Å². The molecule has 3 fully saturated rings. The Morgan fingerprint density at radius 1 is 1.31 bits per heavy atom. The number of Topliss-reactive ketones (excluding diaryl/α,β-unsaturated/α-hetero) is 1. The molecule has 3 N–H and O–H groups in total. The van der Waals surface area contributed by atoms with E-state index in [4.69, 9.17) is 0 Å².